The Balaban J connectivity index is 3.19. The summed E-state index contributed by atoms with van der Waals surface area (Å²) in [6, 6.07) is 4.33. The summed E-state index contributed by atoms with van der Waals surface area (Å²) in [4.78, 5) is 9.96. The van der Waals surface area contributed by atoms with Crippen molar-refractivity contribution in [2.24, 2.45) is 5.73 Å². The molecule has 70 valence electrons. The monoisotopic (exact) mass is 200 g/mol. The number of hydrogen-bond donors (Lipinski definition) is 1. The highest BCUT2D eigenvalue weighted by molar-refractivity contribution is 6.32. The van der Waals surface area contributed by atoms with Gasteiger partial charge in [0.15, 0.2) is 0 Å². The van der Waals surface area contributed by atoms with Crippen molar-refractivity contribution < 1.29 is 4.92 Å². The van der Waals surface area contributed by atoms with Crippen molar-refractivity contribution in [3.8, 4) is 0 Å². The molecule has 0 radical (unpaired) electrons. The van der Waals surface area contributed by atoms with Gasteiger partial charge in [0.05, 0.1) is 4.92 Å². The van der Waals surface area contributed by atoms with Crippen molar-refractivity contribution >= 4 is 17.3 Å². The Bertz CT molecular complexity index is 339. The van der Waals surface area contributed by atoms with Crippen LogP contribution in [0, 0.1) is 10.1 Å². The van der Waals surface area contributed by atoms with Crippen LogP contribution in [-0.2, 0) is 0 Å². The van der Waals surface area contributed by atoms with Gasteiger partial charge in [-0.15, -0.1) is 0 Å². The minimum absolute atomic E-state index is 0.100. The fourth-order valence-electron chi connectivity index (χ4n) is 0.953. The highest BCUT2D eigenvalue weighted by Crippen LogP contribution is 2.26. The Morgan fingerprint density at radius 2 is 2.23 bits per heavy atom. The average molecular weight is 201 g/mol. The van der Waals surface area contributed by atoms with E-state index < -0.39 is 4.92 Å². The minimum atomic E-state index is -0.520. The molecule has 1 rings (SSSR count). The maximum atomic E-state index is 10.5. The van der Waals surface area contributed by atoms with Crippen LogP contribution in [0.2, 0.25) is 5.02 Å². The quantitative estimate of drug-likeness (QED) is 0.588. The predicted octanol–water partition coefficient (Wildman–Crippen LogP) is 2.27. The van der Waals surface area contributed by atoms with Crippen LogP contribution in [-0.4, -0.2) is 4.92 Å². The van der Waals surface area contributed by atoms with Crippen LogP contribution >= 0.6 is 11.6 Å². The number of nitrogens with two attached hydrogens (primary N) is 1. The summed E-state index contributed by atoms with van der Waals surface area (Å²) in [7, 11) is 0. The lowest BCUT2D eigenvalue weighted by Gasteiger charge is -2.04. The van der Waals surface area contributed by atoms with Gasteiger partial charge >= 0.3 is 0 Å². The van der Waals surface area contributed by atoms with Crippen LogP contribution in [0.5, 0.6) is 0 Å². The molecule has 0 saturated heterocycles. The summed E-state index contributed by atoms with van der Waals surface area (Å²) in [5.41, 5.74) is 6.17. The Morgan fingerprint density at radius 1 is 1.62 bits per heavy atom. The van der Waals surface area contributed by atoms with E-state index in [0.29, 0.717) is 5.56 Å². The highest BCUT2D eigenvalue weighted by atomic mass is 35.5. The zero-order chi connectivity index (χ0) is 10.0. The van der Waals surface area contributed by atoms with Gasteiger partial charge in [-0.3, -0.25) is 10.1 Å². The lowest BCUT2D eigenvalue weighted by molar-refractivity contribution is -0.384. The molecule has 0 aliphatic heterocycles. The Morgan fingerprint density at radius 3 is 2.69 bits per heavy atom. The first-order valence-corrected chi connectivity index (χ1v) is 4.09. The van der Waals surface area contributed by atoms with Crippen molar-refractivity contribution in [1.82, 2.24) is 0 Å². The second-order valence-corrected chi connectivity index (χ2v) is 3.16. The number of rotatable bonds is 2. The van der Waals surface area contributed by atoms with E-state index in [2.05, 4.69) is 0 Å². The highest BCUT2D eigenvalue weighted by Gasteiger charge is 2.13. The van der Waals surface area contributed by atoms with Crippen molar-refractivity contribution in [3.05, 3.63) is 38.9 Å². The van der Waals surface area contributed by atoms with E-state index >= 15 is 0 Å². The van der Waals surface area contributed by atoms with Crippen molar-refractivity contribution in [1.29, 1.82) is 0 Å². The molecular weight excluding hydrogens is 192 g/mol. The molecule has 4 nitrogen and oxygen atoms in total. The zero-order valence-electron chi connectivity index (χ0n) is 7.03. The van der Waals surface area contributed by atoms with Gasteiger partial charge in [0.1, 0.15) is 5.02 Å². The van der Waals surface area contributed by atoms with Crippen LogP contribution in [0.25, 0.3) is 0 Å². The summed E-state index contributed by atoms with van der Waals surface area (Å²) in [5.74, 6) is 0. The standard InChI is InChI=1S/C8H9ClN2O2/c1-5(10)6-2-3-7(9)8(4-6)11(12)13/h2-5H,10H2,1H3/t5-/m1/s1. The average Bonchev–Trinajstić information content (AvgIpc) is 2.04. The third-order valence-electron chi connectivity index (χ3n) is 1.69. The molecule has 2 N–H and O–H groups in total. The number of nitro groups is 1. The van der Waals surface area contributed by atoms with E-state index in [-0.39, 0.29) is 16.8 Å². The van der Waals surface area contributed by atoms with E-state index in [4.69, 9.17) is 17.3 Å². The van der Waals surface area contributed by atoms with Crippen molar-refractivity contribution in [3.63, 3.8) is 0 Å². The zero-order valence-corrected chi connectivity index (χ0v) is 7.78. The predicted molar refractivity (Wildman–Crippen MR) is 50.7 cm³/mol. The van der Waals surface area contributed by atoms with Gasteiger partial charge in [-0.2, -0.15) is 0 Å². The first-order chi connectivity index (χ1) is 6.02. The molecular formula is C8H9ClN2O2. The topological polar surface area (TPSA) is 69.2 Å². The normalized spacial score (nSPS) is 12.5. The van der Waals surface area contributed by atoms with E-state index in [0.717, 1.165) is 0 Å². The molecule has 5 heteroatoms. The largest absolute Gasteiger partial charge is 0.324 e. The molecule has 1 aromatic rings. The van der Waals surface area contributed by atoms with Crippen LogP contribution in [0.15, 0.2) is 18.2 Å². The smallest absolute Gasteiger partial charge is 0.288 e. The molecule has 13 heavy (non-hydrogen) atoms. The third-order valence-corrected chi connectivity index (χ3v) is 2.01. The molecule has 0 bridgehead atoms. The van der Waals surface area contributed by atoms with Gasteiger partial charge in [0.25, 0.3) is 5.69 Å². The molecule has 0 heterocycles. The Hall–Kier alpha value is -1.13. The second-order valence-electron chi connectivity index (χ2n) is 2.76. The second kappa shape index (κ2) is 3.72. The molecule has 1 atom stereocenters. The number of nitro benzene ring substituents is 1. The first-order valence-electron chi connectivity index (χ1n) is 3.72. The summed E-state index contributed by atoms with van der Waals surface area (Å²) >= 11 is 5.61. The van der Waals surface area contributed by atoms with Gasteiger partial charge < -0.3 is 5.73 Å². The van der Waals surface area contributed by atoms with E-state index in [9.17, 15) is 10.1 Å². The van der Waals surface area contributed by atoms with Gasteiger partial charge in [-0.25, -0.2) is 0 Å². The summed E-state index contributed by atoms with van der Waals surface area (Å²) < 4.78 is 0. The maximum Gasteiger partial charge on any atom is 0.288 e. The number of hydrogen-bond acceptors (Lipinski definition) is 3. The lowest BCUT2D eigenvalue weighted by Crippen LogP contribution is -2.05. The van der Waals surface area contributed by atoms with Gasteiger partial charge in [0, 0.05) is 12.1 Å². The Labute approximate surface area is 80.5 Å². The number of halogens is 1. The van der Waals surface area contributed by atoms with E-state index in [1.807, 2.05) is 0 Å². The molecule has 1 aromatic carbocycles. The SMILES string of the molecule is C[C@@H](N)c1ccc(Cl)c([N+](=O)[O-])c1. The minimum Gasteiger partial charge on any atom is -0.324 e. The number of benzene rings is 1. The molecule has 0 unspecified atom stereocenters. The van der Waals surface area contributed by atoms with Gasteiger partial charge in [0.2, 0.25) is 0 Å². The molecule has 0 aromatic heterocycles. The van der Waals surface area contributed by atoms with Crippen LogP contribution in [0.1, 0.15) is 18.5 Å². The van der Waals surface area contributed by atoms with Gasteiger partial charge in [-0.1, -0.05) is 17.7 Å². The summed E-state index contributed by atoms with van der Waals surface area (Å²) in [6.07, 6.45) is 0. The third kappa shape index (κ3) is 2.17. The molecule has 0 aliphatic carbocycles. The summed E-state index contributed by atoms with van der Waals surface area (Å²) in [5, 5.41) is 10.6. The molecule has 0 spiro atoms. The fourth-order valence-corrected chi connectivity index (χ4v) is 1.14. The number of nitrogens with zero attached hydrogens (tertiary/aromatic N) is 1. The first kappa shape index (κ1) is 9.95. The van der Waals surface area contributed by atoms with Crippen molar-refractivity contribution in [2.45, 2.75) is 13.0 Å². The molecule has 0 aliphatic rings. The van der Waals surface area contributed by atoms with Crippen LogP contribution in [0.3, 0.4) is 0 Å². The summed E-state index contributed by atoms with van der Waals surface area (Å²) in [6.45, 7) is 1.76. The van der Waals surface area contributed by atoms with E-state index in [1.54, 1.807) is 13.0 Å². The fraction of sp³-hybridized carbons (Fsp3) is 0.250. The van der Waals surface area contributed by atoms with Crippen molar-refractivity contribution in [2.75, 3.05) is 0 Å². The van der Waals surface area contributed by atoms with E-state index in [1.165, 1.54) is 12.1 Å². The lowest BCUT2D eigenvalue weighted by atomic mass is 10.1. The molecule has 0 saturated carbocycles. The van der Waals surface area contributed by atoms with Gasteiger partial charge in [-0.05, 0) is 18.6 Å². The maximum absolute atomic E-state index is 10.5. The van der Waals surface area contributed by atoms with Crippen LogP contribution in [0.4, 0.5) is 5.69 Å². The molecule has 0 fully saturated rings. The Kier molecular flexibility index (Phi) is 2.85. The molecule has 0 amide bonds. The van der Waals surface area contributed by atoms with Crippen LogP contribution < -0.4 is 5.73 Å².